The highest BCUT2D eigenvalue weighted by Gasteiger charge is 2.27. The fourth-order valence-electron chi connectivity index (χ4n) is 3.56. The molecular formula is C19H23N3O2. The van der Waals surface area contributed by atoms with Crippen LogP contribution in [-0.2, 0) is 0 Å². The van der Waals surface area contributed by atoms with Gasteiger partial charge >= 0.3 is 0 Å². The van der Waals surface area contributed by atoms with E-state index in [9.17, 15) is 9.59 Å². The Bertz CT molecular complexity index is 749. The predicted octanol–water partition coefficient (Wildman–Crippen LogP) is 2.78. The van der Waals surface area contributed by atoms with E-state index < -0.39 is 5.56 Å². The van der Waals surface area contributed by atoms with Crippen molar-refractivity contribution in [3.8, 4) is 0 Å². The second-order valence-corrected chi connectivity index (χ2v) is 6.48. The number of nitrogens with zero attached hydrogens (tertiary/aromatic N) is 1. The molecule has 1 aromatic heterocycles. The van der Waals surface area contributed by atoms with E-state index in [0.717, 1.165) is 0 Å². The molecular weight excluding hydrogens is 302 g/mol. The molecule has 1 amide bonds. The van der Waals surface area contributed by atoms with Gasteiger partial charge in [0, 0.05) is 18.7 Å². The molecule has 1 atom stereocenters. The van der Waals surface area contributed by atoms with Gasteiger partial charge in [-0.05, 0) is 31.2 Å². The van der Waals surface area contributed by atoms with Gasteiger partial charge in [0.05, 0.1) is 0 Å². The fourth-order valence-corrected chi connectivity index (χ4v) is 3.56. The van der Waals surface area contributed by atoms with Gasteiger partial charge in [0.15, 0.2) is 0 Å². The standard InChI is InChI=1S/C19H23N3O2/c1-13-20-12-17(19(24)22-13)18(23)21-11-16(15-9-5-6-10-15)14-7-3-2-4-8-14/h2-4,7-8,12,15-16H,5-6,9-11H2,1H3,(H,21,23)(H,20,22,24). The van der Waals surface area contributed by atoms with Gasteiger partial charge in [0.2, 0.25) is 0 Å². The summed E-state index contributed by atoms with van der Waals surface area (Å²) < 4.78 is 0. The van der Waals surface area contributed by atoms with Gasteiger partial charge in [-0.25, -0.2) is 4.98 Å². The summed E-state index contributed by atoms with van der Waals surface area (Å²) in [5.41, 5.74) is 0.927. The molecule has 0 aliphatic heterocycles. The van der Waals surface area contributed by atoms with Gasteiger partial charge in [0.25, 0.3) is 11.5 Å². The molecule has 1 heterocycles. The zero-order chi connectivity index (χ0) is 16.9. The number of carbonyl (C=O) groups excluding carboxylic acids is 1. The average molecular weight is 325 g/mol. The molecule has 0 saturated heterocycles. The van der Waals surface area contributed by atoms with Gasteiger partial charge < -0.3 is 10.3 Å². The maximum absolute atomic E-state index is 12.4. The Morgan fingerprint density at radius 2 is 2.00 bits per heavy atom. The molecule has 0 bridgehead atoms. The van der Waals surface area contributed by atoms with Crippen molar-refractivity contribution in [2.24, 2.45) is 5.92 Å². The van der Waals surface area contributed by atoms with E-state index in [1.807, 2.05) is 18.2 Å². The van der Waals surface area contributed by atoms with Crippen LogP contribution in [0.3, 0.4) is 0 Å². The van der Waals surface area contributed by atoms with E-state index in [2.05, 4.69) is 27.4 Å². The molecule has 126 valence electrons. The first-order valence-corrected chi connectivity index (χ1v) is 8.54. The third-order valence-electron chi connectivity index (χ3n) is 4.85. The maximum Gasteiger partial charge on any atom is 0.263 e. The minimum atomic E-state index is -0.392. The Morgan fingerprint density at radius 1 is 1.29 bits per heavy atom. The third kappa shape index (κ3) is 3.72. The van der Waals surface area contributed by atoms with E-state index in [1.54, 1.807) is 6.92 Å². The van der Waals surface area contributed by atoms with E-state index in [-0.39, 0.29) is 17.4 Å². The topological polar surface area (TPSA) is 74.8 Å². The third-order valence-corrected chi connectivity index (χ3v) is 4.85. The average Bonchev–Trinajstić information content (AvgIpc) is 3.10. The zero-order valence-electron chi connectivity index (χ0n) is 13.9. The van der Waals surface area contributed by atoms with Gasteiger partial charge in [0.1, 0.15) is 11.4 Å². The minimum Gasteiger partial charge on any atom is -0.351 e. The Labute approximate surface area is 141 Å². The summed E-state index contributed by atoms with van der Waals surface area (Å²) in [7, 11) is 0. The van der Waals surface area contributed by atoms with E-state index in [0.29, 0.717) is 18.3 Å². The molecule has 0 spiro atoms. The monoisotopic (exact) mass is 325 g/mol. The summed E-state index contributed by atoms with van der Waals surface area (Å²) in [5.74, 6) is 1.02. The lowest BCUT2D eigenvalue weighted by Gasteiger charge is -2.24. The van der Waals surface area contributed by atoms with Crippen molar-refractivity contribution in [2.45, 2.75) is 38.5 Å². The van der Waals surface area contributed by atoms with Crippen molar-refractivity contribution in [1.82, 2.24) is 15.3 Å². The fraction of sp³-hybridized carbons (Fsp3) is 0.421. The molecule has 1 aliphatic carbocycles. The summed E-state index contributed by atoms with van der Waals surface area (Å²) in [6.45, 7) is 2.23. The molecule has 2 aromatic rings. The quantitative estimate of drug-likeness (QED) is 0.887. The lowest BCUT2D eigenvalue weighted by Crippen LogP contribution is -2.34. The van der Waals surface area contributed by atoms with Crippen LogP contribution in [0, 0.1) is 12.8 Å². The molecule has 5 heteroatoms. The molecule has 5 nitrogen and oxygen atoms in total. The van der Waals surface area contributed by atoms with Crippen LogP contribution in [0.15, 0.2) is 41.3 Å². The Kier molecular flexibility index (Phi) is 5.08. The maximum atomic E-state index is 12.4. The first-order valence-electron chi connectivity index (χ1n) is 8.54. The number of aryl methyl sites for hydroxylation is 1. The van der Waals surface area contributed by atoms with Crippen molar-refractivity contribution in [2.75, 3.05) is 6.54 Å². The molecule has 1 fully saturated rings. The van der Waals surface area contributed by atoms with Crippen LogP contribution >= 0.6 is 0 Å². The number of amides is 1. The predicted molar refractivity (Wildman–Crippen MR) is 93.1 cm³/mol. The second kappa shape index (κ2) is 7.43. The number of aromatic amines is 1. The van der Waals surface area contributed by atoms with E-state index in [1.165, 1.54) is 37.4 Å². The first-order chi connectivity index (χ1) is 11.6. The number of benzene rings is 1. The summed E-state index contributed by atoms with van der Waals surface area (Å²) in [4.78, 5) is 30.8. The molecule has 2 N–H and O–H groups in total. The minimum absolute atomic E-state index is 0.0684. The van der Waals surface area contributed by atoms with Gasteiger partial charge in [-0.1, -0.05) is 43.2 Å². The Hall–Kier alpha value is -2.43. The number of H-pyrrole nitrogens is 1. The van der Waals surface area contributed by atoms with E-state index >= 15 is 0 Å². The second-order valence-electron chi connectivity index (χ2n) is 6.48. The number of aromatic nitrogens is 2. The molecule has 1 saturated carbocycles. The van der Waals surface area contributed by atoms with Crippen molar-refractivity contribution < 1.29 is 4.79 Å². The lowest BCUT2D eigenvalue weighted by molar-refractivity contribution is 0.0946. The molecule has 1 unspecified atom stereocenters. The number of rotatable bonds is 5. The number of carbonyl (C=O) groups is 1. The highest BCUT2D eigenvalue weighted by Crippen LogP contribution is 2.36. The van der Waals surface area contributed by atoms with Crippen LogP contribution in [0.2, 0.25) is 0 Å². The van der Waals surface area contributed by atoms with E-state index in [4.69, 9.17) is 0 Å². The number of hydrogen-bond acceptors (Lipinski definition) is 3. The van der Waals surface area contributed by atoms with Gasteiger partial charge in [-0.3, -0.25) is 9.59 Å². The van der Waals surface area contributed by atoms with Crippen molar-refractivity contribution >= 4 is 5.91 Å². The summed E-state index contributed by atoms with van der Waals surface area (Å²) in [5, 5.41) is 2.94. The van der Waals surface area contributed by atoms with Crippen molar-refractivity contribution in [3.63, 3.8) is 0 Å². The van der Waals surface area contributed by atoms with Crippen LogP contribution in [0.4, 0.5) is 0 Å². The van der Waals surface area contributed by atoms with Crippen LogP contribution in [0.5, 0.6) is 0 Å². The highest BCUT2D eigenvalue weighted by atomic mass is 16.2. The first kappa shape index (κ1) is 16.4. The van der Waals surface area contributed by atoms with Gasteiger partial charge in [-0.15, -0.1) is 0 Å². The number of nitrogens with one attached hydrogen (secondary N) is 2. The molecule has 1 aromatic carbocycles. The lowest BCUT2D eigenvalue weighted by atomic mass is 9.85. The summed E-state index contributed by atoms with van der Waals surface area (Å²) in [6.07, 6.45) is 6.24. The number of hydrogen-bond donors (Lipinski definition) is 2. The highest BCUT2D eigenvalue weighted by molar-refractivity contribution is 5.93. The normalized spacial score (nSPS) is 16.0. The summed E-state index contributed by atoms with van der Waals surface area (Å²) in [6, 6.07) is 10.3. The Morgan fingerprint density at radius 3 is 2.67 bits per heavy atom. The molecule has 3 rings (SSSR count). The summed E-state index contributed by atoms with van der Waals surface area (Å²) >= 11 is 0. The SMILES string of the molecule is Cc1ncc(C(=O)NCC(c2ccccc2)C2CCCC2)c(=O)[nH]1. The molecule has 1 aliphatic rings. The molecule has 0 radical (unpaired) electrons. The van der Waals surface area contributed by atoms with Crippen LogP contribution in [0.1, 0.15) is 53.3 Å². The zero-order valence-corrected chi connectivity index (χ0v) is 13.9. The van der Waals surface area contributed by atoms with Crippen molar-refractivity contribution in [3.05, 3.63) is 63.8 Å². The Balaban J connectivity index is 1.73. The van der Waals surface area contributed by atoms with Crippen molar-refractivity contribution in [1.29, 1.82) is 0 Å². The van der Waals surface area contributed by atoms with Crippen LogP contribution in [0.25, 0.3) is 0 Å². The largest absolute Gasteiger partial charge is 0.351 e. The van der Waals surface area contributed by atoms with Crippen LogP contribution < -0.4 is 10.9 Å². The molecule has 24 heavy (non-hydrogen) atoms. The van der Waals surface area contributed by atoms with Gasteiger partial charge in [-0.2, -0.15) is 0 Å². The van der Waals surface area contributed by atoms with Crippen LogP contribution in [-0.4, -0.2) is 22.4 Å². The smallest absolute Gasteiger partial charge is 0.263 e.